The SMILES string of the molecule is CN(c1cccc(Br)c1C(N)=S)C1CCSC1. The lowest BCUT2D eigenvalue weighted by Gasteiger charge is -2.28. The van der Waals surface area contributed by atoms with Crippen molar-refractivity contribution in [1.29, 1.82) is 0 Å². The van der Waals surface area contributed by atoms with Crippen molar-refractivity contribution < 1.29 is 0 Å². The highest BCUT2D eigenvalue weighted by Crippen LogP contribution is 2.31. The van der Waals surface area contributed by atoms with Gasteiger partial charge in [-0.25, -0.2) is 0 Å². The molecule has 92 valence electrons. The van der Waals surface area contributed by atoms with Crippen molar-refractivity contribution in [2.24, 2.45) is 5.73 Å². The van der Waals surface area contributed by atoms with E-state index in [2.05, 4.69) is 33.9 Å². The van der Waals surface area contributed by atoms with E-state index in [4.69, 9.17) is 18.0 Å². The second-order valence-corrected chi connectivity index (χ2v) is 6.57. The quantitative estimate of drug-likeness (QED) is 0.862. The molecule has 2 nitrogen and oxygen atoms in total. The van der Waals surface area contributed by atoms with E-state index >= 15 is 0 Å². The lowest BCUT2D eigenvalue weighted by molar-refractivity contribution is 0.699. The van der Waals surface area contributed by atoms with E-state index in [9.17, 15) is 0 Å². The number of rotatable bonds is 3. The van der Waals surface area contributed by atoms with Crippen molar-refractivity contribution in [2.45, 2.75) is 12.5 Å². The Kier molecular flexibility index (Phi) is 4.33. The van der Waals surface area contributed by atoms with Crippen molar-refractivity contribution in [3.05, 3.63) is 28.2 Å². The molecule has 1 aromatic rings. The Bertz CT molecular complexity index is 431. The number of hydrogen-bond donors (Lipinski definition) is 1. The fraction of sp³-hybridized carbons (Fsp3) is 0.417. The highest BCUT2D eigenvalue weighted by atomic mass is 79.9. The van der Waals surface area contributed by atoms with E-state index in [0.717, 1.165) is 15.7 Å². The van der Waals surface area contributed by atoms with Crippen LogP contribution in [0.5, 0.6) is 0 Å². The highest BCUT2D eigenvalue weighted by Gasteiger charge is 2.23. The normalized spacial score (nSPS) is 19.3. The monoisotopic (exact) mass is 330 g/mol. The third kappa shape index (κ3) is 2.77. The molecule has 1 unspecified atom stereocenters. The first-order valence-corrected chi connectivity index (χ1v) is 7.85. The van der Waals surface area contributed by atoms with E-state index in [1.165, 1.54) is 17.9 Å². The summed E-state index contributed by atoms with van der Waals surface area (Å²) < 4.78 is 0.972. The van der Waals surface area contributed by atoms with Gasteiger partial charge in [-0.2, -0.15) is 11.8 Å². The van der Waals surface area contributed by atoms with Gasteiger partial charge in [-0.15, -0.1) is 0 Å². The van der Waals surface area contributed by atoms with Crippen LogP contribution in [0.3, 0.4) is 0 Å². The molecule has 1 aliphatic rings. The minimum absolute atomic E-state index is 0.449. The lowest BCUT2D eigenvalue weighted by atomic mass is 10.1. The summed E-state index contributed by atoms with van der Waals surface area (Å²) in [5, 5.41) is 0. The molecule has 0 amide bonds. The van der Waals surface area contributed by atoms with Crippen molar-refractivity contribution in [1.82, 2.24) is 0 Å². The fourth-order valence-electron chi connectivity index (χ4n) is 2.07. The number of thioether (sulfide) groups is 1. The third-order valence-corrected chi connectivity index (χ3v) is 5.08. The molecule has 1 atom stereocenters. The first-order valence-electron chi connectivity index (χ1n) is 5.50. The van der Waals surface area contributed by atoms with E-state index < -0.39 is 0 Å². The van der Waals surface area contributed by atoms with E-state index in [0.29, 0.717) is 11.0 Å². The van der Waals surface area contributed by atoms with Gasteiger partial charge in [0, 0.05) is 34.6 Å². The molecule has 1 heterocycles. The van der Waals surface area contributed by atoms with E-state index in [-0.39, 0.29) is 0 Å². The zero-order chi connectivity index (χ0) is 12.4. The van der Waals surface area contributed by atoms with Crippen LogP contribution in [0.4, 0.5) is 5.69 Å². The van der Waals surface area contributed by atoms with Crippen LogP contribution in [0.25, 0.3) is 0 Å². The predicted octanol–water partition coefficient (Wildman–Crippen LogP) is 3.03. The smallest absolute Gasteiger partial charge is 0.107 e. The van der Waals surface area contributed by atoms with Crippen LogP contribution in [0, 0.1) is 0 Å². The lowest BCUT2D eigenvalue weighted by Crippen LogP contribution is -2.33. The molecule has 1 aromatic carbocycles. The van der Waals surface area contributed by atoms with Gasteiger partial charge in [0.2, 0.25) is 0 Å². The molecule has 0 spiro atoms. The molecular formula is C12H15BrN2S2. The van der Waals surface area contributed by atoms with Gasteiger partial charge in [0.1, 0.15) is 4.99 Å². The van der Waals surface area contributed by atoms with Gasteiger partial charge in [-0.3, -0.25) is 0 Å². The Labute approximate surface area is 120 Å². The minimum Gasteiger partial charge on any atom is -0.389 e. The van der Waals surface area contributed by atoms with Crippen LogP contribution in [0.2, 0.25) is 0 Å². The van der Waals surface area contributed by atoms with Crippen LogP contribution in [0.1, 0.15) is 12.0 Å². The maximum Gasteiger partial charge on any atom is 0.107 e. The maximum absolute atomic E-state index is 5.82. The summed E-state index contributed by atoms with van der Waals surface area (Å²) in [6.45, 7) is 0. The Morgan fingerprint density at radius 2 is 2.35 bits per heavy atom. The largest absolute Gasteiger partial charge is 0.389 e. The molecule has 0 saturated carbocycles. The number of thiocarbonyl (C=S) groups is 1. The van der Waals surface area contributed by atoms with Gasteiger partial charge in [0.15, 0.2) is 0 Å². The summed E-state index contributed by atoms with van der Waals surface area (Å²) in [4.78, 5) is 2.75. The fourth-order valence-corrected chi connectivity index (χ4v) is 4.26. The van der Waals surface area contributed by atoms with Crippen molar-refractivity contribution in [2.75, 3.05) is 23.5 Å². The molecule has 0 aromatic heterocycles. The summed E-state index contributed by atoms with van der Waals surface area (Å²) in [7, 11) is 2.13. The molecule has 17 heavy (non-hydrogen) atoms. The summed E-state index contributed by atoms with van der Waals surface area (Å²) >= 11 is 10.7. The number of anilines is 1. The molecule has 1 fully saturated rings. The van der Waals surface area contributed by atoms with Crippen molar-refractivity contribution in [3.63, 3.8) is 0 Å². The van der Waals surface area contributed by atoms with E-state index in [1.54, 1.807) is 0 Å². The van der Waals surface area contributed by atoms with Gasteiger partial charge >= 0.3 is 0 Å². The first-order chi connectivity index (χ1) is 8.11. The topological polar surface area (TPSA) is 29.3 Å². The van der Waals surface area contributed by atoms with Gasteiger partial charge in [-0.05, 0) is 40.2 Å². The number of halogens is 1. The summed E-state index contributed by atoms with van der Waals surface area (Å²) in [6, 6.07) is 6.68. The molecule has 2 N–H and O–H groups in total. The zero-order valence-electron chi connectivity index (χ0n) is 9.65. The summed E-state index contributed by atoms with van der Waals surface area (Å²) in [6.07, 6.45) is 1.23. The summed E-state index contributed by atoms with van der Waals surface area (Å²) in [5.41, 5.74) is 7.89. The minimum atomic E-state index is 0.449. The number of nitrogens with zero attached hydrogens (tertiary/aromatic N) is 1. The average molecular weight is 331 g/mol. The number of hydrogen-bond acceptors (Lipinski definition) is 3. The number of benzene rings is 1. The highest BCUT2D eigenvalue weighted by molar-refractivity contribution is 9.10. The van der Waals surface area contributed by atoms with Gasteiger partial charge in [0.25, 0.3) is 0 Å². The van der Waals surface area contributed by atoms with Crippen molar-refractivity contribution >= 4 is 50.6 Å². The van der Waals surface area contributed by atoms with E-state index in [1.807, 2.05) is 23.9 Å². The number of nitrogens with two attached hydrogens (primary N) is 1. The molecule has 0 radical (unpaired) electrons. The summed E-state index contributed by atoms with van der Waals surface area (Å²) in [5.74, 6) is 2.42. The van der Waals surface area contributed by atoms with Crippen LogP contribution >= 0.6 is 39.9 Å². The molecule has 5 heteroatoms. The molecule has 1 aliphatic heterocycles. The second kappa shape index (κ2) is 5.59. The molecule has 1 saturated heterocycles. The van der Waals surface area contributed by atoms with Crippen LogP contribution in [0.15, 0.2) is 22.7 Å². The Morgan fingerprint density at radius 1 is 1.59 bits per heavy atom. The second-order valence-electron chi connectivity index (χ2n) is 4.13. The standard InChI is InChI=1S/C12H15BrN2S2/c1-15(8-5-6-17-7-8)10-4-2-3-9(13)11(10)12(14)16/h2-4,8H,5-7H2,1H3,(H2,14,16). The average Bonchev–Trinajstić information content (AvgIpc) is 2.80. The maximum atomic E-state index is 5.82. The van der Waals surface area contributed by atoms with Gasteiger partial charge in [-0.1, -0.05) is 18.3 Å². The molecule has 0 bridgehead atoms. The Morgan fingerprint density at radius 3 is 2.94 bits per heavy atom. The zero-order valence-corrected chi connectivity index (χ0v) is 12.9. The molecule has 0 aliphatic carbocycles. The van der Waals surface area contributed by atoms with Crippen molar-refractivity contribution in [3.8, 4) is 0 Å². The molecular weight excluding hydrogens is 316 g/mol. The van der Waals surface area contributed by atoms with Crippen LogP contribution in [-0.2, 0) is 0 Å². The molecule has 2 rings (SSSR count). The Hall–Kier alpha value is -0.260. The predicted molar refractivity (Wildman–Crippen MR) is 84.2 cm³/mol. The third-order valence-electron chi connectivity index (χ3n) is 3.07. The first kappa shape index (κ1) is 13.2. The van der Waals surface area contributed by atoms with Crippen LogP contribution in [-0.4, -0.2) is 29.6 Å². The van der Waals surface area contributed by atoms with Gasteiger partial charge in [0.05, 0.1) is 0 Å². The van der Waals surface area contributed by atoms with Crippen LogP contribution < -0.4 is 10.6 Å². The Balaban J connectivity index is 2.36. The van der Waals surface area contributed by atoms with Gasteiger partial charge < -0.3 is 10.6 Å².